The van der Waals surface area contributed by atoms with Gasteiger partial charge in [-0.25, -0.2) is 0 Å². The lowest BCUT2D eigenvalue weighted by atomic mass is 10.3. The number of rotatable bonds is 2. The van der Waals surface area contributed by atoms with Crippen molar-refractivity contribution in [3.8, 4) is 0 Å². The summed E-state index contributed by atoms with van der Waals surface area (Å²) >= 11 is 1.56. The first-order valence-electron chi connectivity index (χ1n) is 4.14. The van der Waals surface area contributed by atoms with Crippen LogP contribution in [0.3, 0.4) is 0 Å². The second-order valence-electron chi connectivity index (χ2n) is 2.91. The Labute approximate surface area is 83.8 Å². The SMILES string of the molecule is O=C(NCC(F)(F)F)C1CSCCN1. The number of hydrogen-bond acceptors (Lipinski definition) is 3. The van der Waals surface area contributed by atoms with E-state index in [0.717, 1.165) is 5.75 Å². The van der Waals surface area contributed by atoms with Gasteiger partial charge in [0.25, 0.3) is 0 Å². The van der Waals surface area contributed by atoms with Crippen molar-refractivity contribution in [2.45, 2.75) is 12.2 Å². The average Bonchev–Trinajstić information content (AvgIpc) is 2.14. The summed E-state index contributed by atoms with van der Waals surface area (Å²) in [5.74, 6) is 0.849. The molecule has 0 spiro atoms. The highest BCUT2D eigenvalue weighted by molar-refractivity contribution is 7.99. The second kappa shape index (κ2) is 4.88. The number of carbonyl (C=O) groups excluding carboxylic acids is 1. The summed E-state index contributed by atoms with van der Waals surface area (Å²) in [6.07, 6.45) is -4.34. The Morgan fingerprint density at radius 1 is 1.57 bits per heavy atom. The van der Waals surface area contributed by atoms with E-state index in [9.17, 15) is 18.0 Å². The third-order valence-corrected chi connectivity index (χ3v) is 2.76. The molecule has 14 heavy (non-hydrogen) atoms. The van der Waals surface area contributed by atoms with Crippen molar-refractivity contribution in [1.29, 1.82) is 0 Å². The fourth-order valence-corrected chi connectivity index (χ4v) is 1.98. The molecule has 1 aliphatic heterocycles. The Hall–Kier alpha value is -0.430. The molecule has 82 valence electrons. The third kappa shape index (κ3) is 4.19. The highest BCUT2D eigenvalue weighted by atomic mass is 32.2. The van der Waals surface area contributed by atoms with Crippen LogP contribution in [-0.2, 0) is 4.79 Å². The number of carbonyl (C=O) groups is 1. The van der Waals surface area contributed by atoms with Crippen LogP contribution in [0.1, 0.15) is 0 Å². The summed E-state index contributed by atoms with van der Waals surface area (Å²) < 4.78 is 35.2. The van der Waals surface area contributed by atoms with E-state index in [2.05, 4.69) is 5.32 Å². The van der Waals surface area contributed by atoms with E-state index in [1.54, 1.807) is 11.8 Å². The molecule has 0 aromatic carbocycles. The van der Waals surface area contributed by atoms with E-state index in [-0.39, 0.29) is 0 Å². The summed E-state index contributed by atoms with van der Waals surface area (Å²) in [4.78, 5) is 11.2. The van der Waals surface area contributed by atoms with Gasteiger partial charge in [0.1, 0.15) is 6.54 Å². The molecule has 1 aliphatic rings. The van der Waals surface area contributed by atoms with Crippen molar-refractivity contribution in [1.82, 2.24) is 10.6 Å². The van der Waals surface area contributed by atoms with Gasteiger partial charge in [0.05, 0.1) is 6.04 Å². The van der Waals surface area contributed by atoms with Gasteiger partial charge in [-0.1, -0.05) is 0 Å². The van der Waals surface area contributed by atoms with E-state index in [0.29, 0.717) is 12.3 Å². The van der Waals surface area contributed by atoms with Gasteiger partial charge in [-0.15, -0.1) is 0 Å². The summed E-state index contributed by atoms with van der Waals surface area (Å²) in [5, 5.41) is 4.71. The molecule has 1 atom stereocenters. The minimum absolute atomic E-state index is 0.490. The zero-order valence-electron chi connectivity index (χ0n) is 7.36. The molecule has 1 fully saturated rings. The van der Waals surface area contributed by atoms with E-state index in [1.165, 1.54) is 0 Å². The van der Waals surface area contributed by atoms with Crippen LogP contribution in [-0.4, -0.2) is 42.7 Å². The van der Waals surface area contributed by atoms with Gasteiger partial charge in [-0.3, -0.25) is 4.79 Å². The smallest absolute Gasteiger partial charge is 0.346 e. The van der Waals surface area contributed by atoms with Crippen molar-refractivity contribution in [2.75, 3.05) is 24.6 Å². The molecule has 0 aliphatic carbocycles. The molecular formula is C7H11F3N2OS. The van der Waals surface area contributed by atoms with Crippen molar-refractivity contribution >= 4 is 17.7 Å². The van der Waals surface area contributed by atoms with Crippen LogP contribution in [0, 0.1) is 0 Å². The Bertz CT molecular complexity index is 204. The van der Waals surface area contributed by atoms with E-state index in [1.807, 2.05) is 5.32 Å². The zero-order chi connectivity index (χ0) is 10.6. The zero-order valence-corrected chi connectivity index (χ0v) is 8.17. The maximum atomic E-state index is 11.7. The molecule has 0 radical (unpaired) electrons. The summed E-state index contributed by atoms with van der Waals surface area (Å²) in [7, 11) is 0. The van der Waals surface area contributed by atoms with E-state index < -0.39 is 24.7 Å². The number of alkyl halides is 3. The van der Waals surface area contributed by atoms with Crippen LogP contribution >= 0.6 is 11.8 Å². The maximum Gasteiger partial charge on any atom is 0.405 e. The monoisotopic (exact) mass is 228 g/mol. The van der Waals surface area contributed by atoms with E-state index >= 15 is 0 Å². The van der Waals surface area contributed by atoms with Gasteiger partial charge < -0.3 is 10.6 Å². The van der Waals surface area contributed by atoms with Gasteiger partial charge in [-0.2, -0.15) is 24.9 Å². The van der Waals surface area contributed by atoms with Gasteiger partial charge in [0, 0.05) is 18.1 Å². The minimum Gasteiger partial charge on any atom is -0.346 e. The Kier molecular flexibility index (Phi) is 4.06. The highest BCUT2D eigenvalue weighted by Gasteiger charge is 2.29. The molecule has 0 saturated carbocycles. The van der Waals surface area contributed by atoms with Gasteiger partial charge in [0.15, 0.2) is 0 Å². The Morgan fingerprint density at radius 2 is 2.29 bits per heavy atom. The summed E-state index contributed by atoms with van der Waals surface area (Å²) in [5.41, 5.74) is 0. The topological polar surface area (TPSA) is 41.1 Å². The molecule has 0 aromatic rings. The first-order chi connectivity index (χ1) is 6.49. The fraction of sp³-hybridized carbons (Fsp3) is 0.857. The third-order valence-electron chi connectivity index (χ3n) is 1.70. The average molecular weight is 228 g/mol. The Balaban J connectivity index is 2.27. The van der Waals surface area contributed by atoms with Gasteiger partial charge in [0.2, 0.25) is 5.91 Å². The van der Waals surface area contributed by atoms with Gasteiger partial charge in [-0.05, 0) is 0 Å². The first kappa shape index (κ1) is 11.6. The standard InChI is InChI=1S/C7H11F3N2OS/c8-7(9,10)4-12-6(13)5-3-14-2-1-11-5/h5,11H,1-4H2,(H,12,13). The maximum absolute atomic E-state index is 11.7. The number of hydrogen-bond donors (Lipinski definition) is 2. The molecule has 1 unspecified atom stereocenters. The number of thioether (sulfide) groups is 1. The number of amides is 1. The quantitative estimate of drug-likeness (QED) is 0.717. The van der Waals surface area contributed by atoms with Crippen molar-refractivity contribution in [3.63, 3.8) is 0 Å². The molecule has 0 aromatic heterocycles. The predicted octanol–water partition coefficient (Wildman–Crippen LogP) is 0.370. The van der Waals surface area contributed by atoms with Crippen molar-refractivity contribution in [3.05, 3.63) is 0 Å². The molecule has 3 nitrogen and oxygen atoms in total. The number of halogens is 3. The van der Waals surface area contributed by atoms with Crippen LogP contribution in [0.5, 0.6) is 0 Å². The predicted molar refractivity (Wildman–Crippen MR) is 48.2 cm³/mol. The van der Waals surface area contributed by atoms with Crippen LogP contribution in [0.15, 0.2) is 0 Å². The molecule has 1 amide bonds. The lowest BCUT2D eigenvalue weighted by Crippen LogP contribution is -2.50. The molecule has 1 saturated heterocycles. The normalized spacial score (nSPS) is 23.2. The second-order valence-corrected chi connectivity index (χ2v) is 4.06. The van der Waals surface area contributed by atoms with Crippen molar-refractivity contribution in [2.24, 2.45) is 0 Å². The summed E-state index contributed by atoms with van der Waals surface area (Å²) in [6.45, 7) is -0.594. The van der Waals surface area contributed by atoms with Crippen LogP contribution < -0.4 is 10.6 Å². The largest absolute Gasteiger partial charge is 0.405 e. The summed E-state index contributed by atoms with van der Waals surface area (Å²) in [6, 6.07) is -0.490. The van der Waals surface area contributed by atoms with Gasteiger partial charge >= 0.3 is 6.18 Å². The Morgan fingerprint density at radius 3 is 2.79 bits per heavy atom. The fourth-order valence-electron chi connectivity index (χ4n) is 1.04. The highest BCUT2D eigenvalue weighted by Crippen LogP contribution is 2.13. The minimum atomic E-state index is -4.34. The van der Waals surface area contributed by atoms with Crippen LogP contribution in [0.25, 0.3) is 0 Å². The molecule has 2 N–H and O–H groups in total. The van der Waals surface area contributed by atoms with Crippen LogP contribution in [0.4, 0.5) is 13.2 Å². The molecule has 1 rings (SSSR count). The molecule has 0 bridgehead atoms. The van der Waals surface area contributed by atoms with Crippen molar-refractivity contribution < 1.29 is 18.0 Å². The number of nitrogens with one attached hydrogen (secondary N) is 2. The molecular weight excluding hydrogens is 217 g/mol. The van der Waals surface area contributed by atoms with Crippen LogP contribution in [0.2, 0.25) is 0 Å². The molecule has 7 heteroatoms. The lowest BCUT2D eigenvalue weighted by molar-refractivity contribution is -0.139. The first-order valence-corrected chi connectivity index (χ1v) is 5.30. The lowest BCUT2D eigenvalue weighted by Gasteiger charge is -2.22. The van der Waals surface area contributed by atoms with E-state index in [4.69, 9.17) is 0 Å². The molecule has 1 heterocycles.